The third kappa shape index (κ3) is 2.92. The number of nitrogens with zero attached hydrogens (tertiary/aromatic N) is 1. The lowest BCUT2D eigenvalue weighted by Crippen LogP contribution is -2.22. The van der Waals surface area contributed by atoms with Crippen molar-refractivity contribution < 1.29 is 4.79 Å². The molecule has 3 heteroatoms. The van der Waals surface area contributed by atoms with Crippen LogP contribution in [0, 0.1) is 6.92 Å². The molecule has 0 bridgehead atoms. The van der Waals surface area contributed by atoms with Gasteiger partial charge < -0.3 is 10.2 Å². The quantitative estimate of drug-likeness (QED) is 0.926. The highest BCUT2D eigenvalue weighted by Crippen LogP contribution is 2.25. The van der Waals surface area contributed by atoms with Crippen molar-refractivity contribution in [1.29, 1.82) is 0 Å². The maximum absolute atomic E-state index is 12.6. The van der Waals surface area contributed by atoms with Gasteiger partial charge in [0.2, 0.25) is 0 Å². The minimum atomic E-state index is -0.0354. The molecule has 1 saturated heterocycles. The first-order valence-corrected chi connectivity index (χ1v) is 7.46. The van der Waals surface area contributed by atoms with E-state index < -0.39 is 0 Å². The van der Waals surface area contributed by atoms with Crippen LogP contribution in [-0.2, 0) is 0 Å². The average Bonchev–Trinajstić information content (AvgIpc) is 3.04. The highest BCUT2D eigenvalue weighted by molar-refractivity contribution is 6.08. The lowest BCUT2D eigenvalue weighted by Gasteiger charge is -2.21. The predicted molar refractivity (Wildman–Crippen MR) is 87.0 cm³/mol. The second kappa shape index (κ2) is 6.00. The summed E-state index contributed by atoms with van der Waals surface area (Å²) in [5.74, 6) is -0.0354. The molecule has 0 spiro atoms. The molecule has 0 aliphatic carbocycles. The van der Waals surface area contributed by atoms with Gasteiger partial charge in [-0.2, -0.15) is 0 Å². The zero-order valence-corrected chi connectivity index (χ0v) is 12.3. The van der Waals surface area contributed by atoms with Gasteiger partial charge >= 0.3 is 0 Å². The Balaban J connectivity index is 1.86. The molecule has 3 nitrogen and oxygen atoms in total. The smallest absolute Gasteiger partial charge is 0.257 e. The van der Waals surface area contributed by atoms with E-state index in [1.54, 1.807) is 0 Å². The average molecular weight is 280 g/mol. The summed E-state index contributed by atoms with van der Waals surface area (Å²) in [7, 11) is 0. The van der Waals surface area contributed by atoms with Gasteiger partial charge in [-0.3, -0.25) is 4.79 Å². The SMILES string of the molecule is Cc1ccccc1NC(=O)c1ccccc1N1CCCC1. The minimum Gasteiger partial charge on any atom is -0.371 e. The van der Waals surface area contributed by atoms with Crippen molar-refractivity contribution >= 4 is 17.3 Å². The molecule has 2 aromatic carbocycles. The first-order valence-electron chi connectivity index (χ1n) is 7.46. The number of rotatable bonds is 3. The number of benzene rings is 2. The van der Waals surface area contributed by atoms with Gasteiger partial charge in [0.25, 0.3) is 5.91 Å². The molecule has 1 N–H and O–H groups in total. The van der Waals surface area contributed by atoms with E-state index in [2.05, 4.69) is 10.2 Å². The van der Waals surface area contributed by atoms with Crippen molar-refractivity contribution in [3.05, 3.63) is 59.7 Å². The van der Waals surface area contributed by atoms with E-state index >= 15 is 0 Å². The van der Waals surface area contributed by atoms with E-state index in [0.29, 0.717) is 0 Å². The number of hydrogen-bond donors (Lipinski definition) is 1. The Kier molecular flexibility index (Phi) is 3.91. The Labute approximate surface area is 125 Å². The highest BCUT2D eigenvalue weighted by Gasteiger charge is 2.19. The van der Waals surface area contributed by atoms with Crippen LogP contribution in [0.5, 0.6) is 0 Å². The first kappa shape index (κ1) is 13.7. The number of hydrogen-bond acceptors (Lipinski definition) is 2. The fourth-order valence-electron chi connectivity index (χ4n) is 2.80. The molecule has 0 saturated carbocycles. The van der Waals surface area contributed by atoms with Gasteiger partial charge in [-0.1, -0.05) is 30.3 Å². The van der Waals surface area contributed by atoms with E-state index in [-0.39, 0.29) is 5.91 Å². The van der Waals surface area contributed by atoms with Crippen LogP contribution in [0.15, 0.2) is 48.5 Å². The third-order valence-corrected chi connectivity index (χ3v) is 3.99. The van der Waals surface area contributed by atoms with E-state index in [1.165, 1.54) is 12.8 Å². The predicted octanol–water partition coefficient (Wildman–Crippen LogP) is 3.85. The second-order valence-electron chi connectivity index (χ2n) is 5.48. The molecule has 1 heterocycles. The summed E-state index contributed by atoms with van der Waals surface area (Å²) in [6.07, 6.45) is 2.40. The minimum absolute atomic E-state index is 0.0354. The highest BCUT2D eigenvalue weighted by atomic mass is 16.1. The summed E-state index contributed by atoms with van der Waals surface area (Å²) in [6, 6.07) is 15.7. The maximum Gasteiger partial charge on any atom is 0.257 e. The van der Waals surface area contributed by atoms with Crippen molar-refractivity contribution in [2.45, 2.75) is 19.8 Å². The number of carbonyl (C=O) groups excluding carboxylic acids is 1. The van der Waals surface area contributed by atoms with E-state index in [1.807, 2.05) is 55.5 Å². The zero-order valence-electron chi connectivity index (χ0n) is 12.3. The van der Waals surface area contributed by atoms with Crippen LogP contribution < -0.4 is 10.2 Å². The van der Waals surface area contributed by atoms with Gasteiger partial charge in [0.1, 0.15) is 0 Å². The molecule has 0 unspecified atom stereocenters. The number of amides is 1. The van der Waals surface area contributed by atoms with Crippen LogP contribution in [-0.4, -0.2) is 19.0 Å². The monoisotopic (exact) mass is 280 g/mol. The van der Waals surface area contributed by atoms with Crippen molar-refractivity contribution in [3.63, 3.8) is 0 Å². The summed E-state index contributed by atoms with van der Waals surface area (Å²) in [5, 5.41) is 3.02. The van der Waals surface area contributed by atoms with Crippen LogP contribution in [0.25, 0.3) is 0 Å². The Morgan fingerprint density at radius 2 is 1.67 bits per heavy atom. The van der Waals surface area contributed by atoms with E-state index in [9.17, 15) is 4.79 Å². The largest absolute Gasteiger partial charge is 0.371 e. The Morgan fingerprint density at radius 1 is 1.00 bits per heavy atom. The van der Waals surface area contributed by atoms with E-state index in [4.69, 9.17) is 0 Å². The van der Waals surface area contributed by atoms with E-state index in [0.717, 1.165) is 35.6 Å². The molecule has 1 aliphatic rings. The number of aryl methyl sites for hydroxylation is 1. The normalized spacial score (nSPS) is 14.2. The van der Waals surface area contributed by atoms with Crippen LogP contribution >= 0.6 is 0 Å². The number of nitrogens with one attached hydrogen (secondary N) is 1. The first-order chi connectivity index (χ1) is 10.3. The Hall–Kier alpha value is -2.29. The van der Waals surface area contributed by atoms with Crippen LogP contribution in [0.4, 0.5) is 11.4 Å². The summed E-state index contributed by atoms with van der Waals surface area (Å²) in [6.45, 7) is 4.07. The number of anilines is 2. The molecule has 0 atom stereocenters. The molecule has 108 valence electrons. The second-order valence-corrected chi connectivity index (χ2v) is 5.48. The molecule has 1 fully saturated rings. The molecule has 3 rings (SSSR count). The van der Waals surface area contributed by atoms with Crippen molar-refractivity contribution in [2.75, 3.05) is 23.3 Å². The van der Waals surface area contributed by atoms with Crippen molar-refractivity contribution in [1.82, 2.24) is 0 Å². The van der Waals surface area contributed by atoms with Gasteiger partial charge in [-0.05, 0) is 43.5 Å². The molecule has 1 aliphatic heterocycles. The lowest BCUT2D eigenvalue weighted by atomic mass is 10.1. The van der Waals surface area contributed by atoms with Gasteiger partial charge in [-0.15, -0.1) is 0 Å². The van der Waals surface area contributed by atoms with Crippen LogP contribution in [0.1, 0.15) is 28.8 Å². The number of para-hydroxylation sites is 2. The molecule has 1 amide bonds. The molecular formula is C18H20N2O. The molecule has 2 aromatic rings. The Bertz CT molecular complexity index is 645. The summed E-state index contributed by atoms with van der Waals surface area (Å²) in [4.78, 5) is 14.9. The molecular weight excluding hydrogens is 260 g/mol. The zero-order chi connectivity index (χ0) is 14.7. The fraction of sp³-hybridized carbons (Fsp3) is 0.278. The third-order valence-electron chi connectivity index (χ3n) is 3.99. The van der Waals surface area contributed by atoms with Gasteiger partial charge in [0, 0.05) is 24.5 Å². The van der Waals surface area contributed by atoms with Crippen LogP contribution in [0.3, 0.4) is 0 Å². The van der Waals surface area contributed by atoms with Gasteiger partial charge in [0.15, 0.2) is 0 Å². The lowest BCUT2D eigenvalue weighted by molar-refractivity contribution is 0.102. The fourth-order valence-corrected chi connectivity index (χ4v) is 2.80. The molecule has 21 heavy (non-hydrogen) atoms. The molecule has 0 aromatic heterocycles. The van der Waals surface area contributed by atoms with Gasteiger partial charge in [0.05, 0.1) is 5.56 Å². The number of carbonyl (C=O) groups is 1. The summed E-state index contributed by atoms with van der Waals surface area (Å²) in [5.41, 5.74) is 3.74. The van der Waals surface area contributed by atoms with Crippen LogP contribution in [0.2, 0.25) is 0 Å². The van der Waals surface area contributed by atoms with Crippen molar-refractivity contribution in [3.8, 4) is 0 Å². The Morgan fingerprint density at radius 3 is 2.43 bits per heavy atom. The summed E-state index contributed by atoms with van der Waals surface area (Å²) < 4.78 is 0. The summed E-state index contributed by atoms with van der Waals surface area (Å²) >= 11 is 0. The maximum atomic E-state index is 12.6. The molecule has 0 radical (unpaired) electrons. The standard InChI is InChI=1S/C18H20N2O/c1-14-8-2-4-10-16(14)19-18(21)15-9-3-5-11-17(15)20-12-6-7-13-20/h2-5,8-11H,6-7,12-13H2,1H3,(H,19,21). The van der Waals surface area contributed by atoms with Gasteiger partial charge in [-0.25, -0.2) is 0 Å². The van der Waals surface area contributed by atoms with Crippen molar-refractivity contribution in [2.24, 2.45) is 0 Å². The topological polar surface area (TPSA) is 32.3 Å².